The number of nitrogens with one attached hydrogen (secondary N) is 1. The van der Waals surface area contributed by atoms with Gasteiger partial charge in [-0.3, -0.25) is 0 Å². The predicted molar refractivity (Wildman–Crippen MR) is 89.4 cm³/mol. The van der Waals surface area contributed by atoms with Crippen molar-refractivity contribution in [1.82, 2.24) is 10.2 Å². The molecule has 0 saturated carbocycles. The van der Waals surface area contributed by atoms with E-state index in [1.165, 1.54) is 16.7 Å². The molecule has 5 nitrogen and oxygen atoms in total. The van der Waals surface area contributed by atoms with E-state index in [0.717, 1.165) is 32.5 Å². The molecule has 1 heterocycles. The molecule has 1 fully saturated rings. The van der Waals surface area contributed by atoms with Gasteiger partial charge in [-0.15, -0.1) is 0 Å². The Morgan fingerprint density at radius 2 is 2.00 bits per heavy atom. The van der Waals surface area contributed by atoms with Gasteiger partial charge in [-0.05, 0) is 42.4 Å². The Morgan fingerprint density at radius 1 is 1.26 bits per heavy atom. The molecule has 1 amide bonds. The molecule has 1 aliphatic heterocycles. The Balaban J connectivity index is 1.46. The lowest BCUT2D eigenvalue weighted by Gasteiger charge is -2.38. The second-order valence-electron chi connectivity index (χ2n) is 6.57. The van der Waals surface area contributed by atoms with Crippen molar-refractivity contribution < 1.29 is 15.0 Å². The van der Waals surface area contributed by atoms with E-state index in [4.69, 9.17) is 5.11 Å². The van der Waals surface area contributed by atoms with Gasteiger partial charge in [-0.25, -0.2) is 4.79 Å². The van der Waals surface area contributed by atoms with Crippen molar-refractivity contribution in [1.29, 1.82) is 0 Å². The van der Waals surface area contributed by atoms with E-state index >= 15 is 0 Å². The Morgan fingerprint density at radius 3 is 2.74 bits per heavy atom. The number of piperidine rings is 1. The molecule has 3 N–H and O–H groups in total. The van der Waals surface area contributed by atoms with Crippen LogP contribution in [-0.2, 0) is 6.42 Å². The molecule has 0 bridgehead atoms. The third-order valence-corrected chi connectivity index (χ3v) is 4.98. The summed E-state index contributed by atoms with van der Waals surface area (Å²) in [5, 5.41) is 21.3. The van der Waals surface area contributed by atoms with Crippen molar-refractivity contribution in [3.8, 4) is 0 Å². The van der Waals surface area contributed by atoms with E-state index in [-0.39, 0.29) is 6.54 Å². The maximum Gasteiger partial charge on any atom is 0.404 e. The van der Waals surface area contributed by atoms with Crippen LogP contribution in [0.5, 0.6) is 0 Å². The molecule has 0 aromatic heterocycles. The maximum absolute atomic E-state index is 10.6. The van der Waals surface area contributed by atoms with Crippen LogP contribution in [0.25, 0.3) is 5.57 Å². The standard InChI is InChI=1S/C18H24N2O3/c21-17(22)19-13-18(23)8-11-20(12-9-18)10-7-15-6-5-14-3-1-2-4-16(14)15/h1-4,6,19,23H,5,7-13H2,(H,21,22). The van der Waals surface area contributed by atoms with E-state index in [2.05, 4.69) is 40.6 Å². The van der Waals surface area contributed by atoms with E-state index < -0.39 is 11.7 Å². The normalized spacial score (nSPS) is 20.0. The lowest BCUT2D eigenvalue weighted by atomic mass is 9.91. The summed E-state index contributed by atoms with van der Waals surface area (Å²) in [4.78, 5) is 12.9. The Hall–Kier alpha value is -1.85. The smallest absolute Gasteiger partial charge is 0.404 e. The molecule has 1 aromatic rings. The number of carboxylic acid groups (broad SMARTS) is 1. The Bertz CT molecular complexity index is 604. The fourth-order valence-electron chi connectivity index (χ4n) is 3.48. The van der Waals surface area contributed by atoms with Crippen LogP contribution in [0.2, 0.25) is 0 Å². The van der Waals surface area contributed by atoms with Gasteiger partial charge in [0.05, 0.1) is 5.60 Å². The summed E-state index contributed by atoms with van der Waals surface area (Å²) >= 11 is 0. The number of aliphatic hydroxyl groups is 1. The van der Waals surface area contributed by atoms with Crippen molar-refractivity contribution >= 4 is 11.7 Å². The molecule has 23 heavy (non-hydrogen) atoms. The molecule has 2 aliphatic rings. The minimum atomic E-state index is -1.08. The number of allylic oxidation sites excluding steroid dienone is 1. The SMILES string of the molecule is O=C(O)NCC1(O)CCN(CCC2=CCc3ccccc32)CC1. The molecule has 0 radical (unpaired) electrons. The molecule has 1 saturated heterocycles. The highest BCUT2D eigenvalue weighted by molar-refractivity contribution is 5.73. The first-order chi connectivity index (χ1) is 11.1. The molecule has 0 unspecified atom stereocenters. The molecule has 0 atom stereocenters. The largest absolute Gasteiger partial charge is 0.465 e. The summed E-state index contributed by atoms with van der Waals surface area (Å²) in [5.74, 6) is 0. The summed E-state index contributed by atoms with van der Waals surface area (Å²) in [6.45, 7) is 2.73. The minimum Gasteiger partial charge on any atom is -0.465 e. The van der Waals surface area contributed by atoms with E-state index in [1.54, 1.807) is 0 Å². The van der Waals surface area contributed by atoms with Gasteiger partial charge in [0.2, 0.25) is 0 Å². The summed E-state index contributed by atoms with van der Waals surface area (Å²) in [5.41, 5.74) is 3.32. The van der Waals surface area contributed by atoms with Gasteiger partial charge in [0, 0.05) is 26.2 Å². The average molecular weight is 316 g/mol. The van der Waals surface area contributed by atoms with Crippen molar-refractivity contribution in [2.45, 2.75) is 31.3 Å². The fraction of sp³-hybridized carbons (Fsp3) is 0.500. The first-order valence-electron chi connectivity index (χ1n) is 8.25. The number of likely N-dealkylation sites (tertiary alicyclic amines) is 1. The van der Waals surface area contributed by atoms with Gasteiger partial charge < -0.3 is 20.4 Å². The highest BCUT2D eigenvalue weighted by atomic mass is 16.4. The van der Waals surface area contributed by atoms with Crippen LogP contribution in [0, 0.1) is 0 Å². The number of carbonyl (C=O) groups is 1. The van der Waals surface area contributed by atoms with Crippen molar-refractivity contribution in [3.05, 3.63) is 41.5 Å². The number of hydrogen-bond acceptors (Lipinski definition) is 3. The fourth-order valence-corrected chi connectivity index (χ4v) is 3.48. The lowest BCUT2D eigenvalue weighted by Crippen LogP contribution is -2.50. The van der Waals surface area contributed by atoms with Crippen LogP contribution >= 0.6 is 0 Å². The summed E-state index contributed by atoms with van der Waals surface area (Å²) in [7, 11) is 0. The van der Waals surface area contributed by atoms with Crippen molar-refractivity contribution in [2.24, 2.45) is 0 Å². The summed E-state index contributed by atoms with van der Waals surface area (Å²) < 4.78 is 0. The number of nitrogens with zero attached hydrogens (tertiary/aromatic N) is 1. The van der Waals surface area contributed by atoms with Crippen LogP contribution in [-0.4, -0.2) is 53.0 Å². The number of benzene rings is 1. The van der Waals surface area contributed by atoms with Gasteiger partial charge in [0.25, 0.3) is 0 Å². The second kappa shape index (κ2) is 6.72. The zero-order chi connectivity index (χ0) is 16.3. The number of amides is 1. The monoisotopic (exact) mass is 316 g/mol. The quantitative estimate of drug-likeness (QED) is 0.778. The number of hydrogen-bond donors (Lipinski definition) is 3. The zero-order valence-electron chi connectivity index (χ0n) is 13.3. The summed E-state index contributed by atoms with van der Waals surface area (Å²) in [6, 6.07) is 8.57. The van der Waals surface area contributed by atoms with Crippen LogP contribution in [0.3, 0.4) is 0 Å². The highest BCUT2D eigenvalue weighted by Crippen LogP contribution is 2.30. The molecule has 1 aliphatic carbocycles. The number of fused-ring (bicyclic) bond motifs is 1. The highest BCUT2D eigenvalue weighted by Gasteiger charge is 2.32. The van der Waals surface area contributed by atoms with Crippen LogP contribution < -0.4 is 5.32 Å². The Kier molecular flexibility index (Phi) is 4.68. The number of rotatable bonds is 5. The minimum absolute atomic E-state index is 0.120. The van der Waals surface area contributed by atoms with Gasteiger partial charge in [-0.2, -0.15) is 0 Å². The second-order valence-corrected chi connectivity index (χ2v) is 6.57. The van der Waals surface area contributed by atoms with Gasteiger partial charge >= 0.3 is 6.09 Å². The van der Waals surface area contributed by atoms with E-state index in [1.807, 2.05) is 0 Å². The third-order valence-electron chi connectivity index (χ3n) is 4.98. The summed E-state index contributed by atoms with van der Waals surface area (Å²) in [6.07, 6.45) is 4.54. The first kappa shape index (κ1) is 16.0. The van der Waals surface area contributed by atoms with Crippen LogP contribution in [0.1, 0.15) is 30.4 Å². The maximum atomic E-state index is 10.6. The lowest BCUT2D eigenvalue weighted by molar-refractivity contribution is -0.0184. The molecule has 124 valence electrons. The molecule has 0 spiro atoms. The van der Waals surface area contributed by atoms with E-state index in [9.17, 15) is 9.90 Å². The molecule has 5 heteroatoms. The topological polar surface area (TPSA) is 72.8 Å². The predicted octanol–water partition coefficient (Wildman–Crippen LogP) is 2.11. The van der Waals surface area contributed by atoms with Gasteiger partial charge in [-0.1, -0.05) is 30.3 Å². The van der Waals surface area contributed by atoms with Crippen molar-refractivity contribution in [2.75, 3.05) is 26.2 Å². The first-order valence-corrected chi connectivity index (χ1v) is 8.25. The van der Waals surface area contributed by atoms with E-state index in [0.29, 0.717) is 12.8 Å². The van der Waals surface area contributed by atoms with Crippen LogP contribution in [0.4, 0.5) is 4.79 Å². The van der Waals surface area contributed by atoms with Crippen LogP contribution in [0.15, 0.2) is 30.3 Å². The molecular weight excluding hydrogens is 292 g/mol. The zero-order valence-corrected chi connectivity index (χ0v) is 13.3. The van der Waals surface area contributed by atoms with Gasteiger partial charge in [0.15, 0.2) is 0 Å². The Labute approximate surface area is 136 Å². The molecule has 1 aromatic carbocycles. The third kappa shape index (κ3) is 3.92. The van der Waals surface area contributed by atoms with Crippen molar-refractivity contribution in [3.63, 3.8) is 0 Å². The molecular formula is C18H24N2O3. The average Bonchev–Trinajstić information content (AvgIpc) is 2.96. The van der Waals surface area contributed by atoms with Gasteiger partial charge in [0.1, 0.15) is 0 Å². The molecule has 3 rings (SSSR count).